The van der Waals surface area contributed by atoms with E-state index in [4.69, 9.17) is 4.99 Å². The van der Waals surface area contributed by atoms with E-state index in [-0.39, 0.29) is 36.5 Å². The Bertz CT molecular complexity index is 903. The highest BCUT2D eigenvalue weighted by Crippen LogP contribution is 2.18. The Balaban J connectivity index is 0.00000320. The zero-order valence-electron chi connectivity index (χ0n) is 17.2. The van der Waals surface area contributed by atoms with Gasteiger partial charge in [0.15, 0.2) is 5.96 Å². The molecule has 5 nitrogen and oxygen atoms in total. The molecule has 1 atom stereocenters. The number of nitrogens with zero attached hydrogens (tertiary/aromatic N) is 2. The van der Waals surface area contributed by atoms with Gasteiger partial charge in [-0.3, -0.25) is 4.98 Å². The lowest BCUT2D eigenvalue weighted by atomic mass is 10.0. The van der Waals surface area contributed by atoms with Crippen LogP contribution in [0.1, 0.15) is 24.0 Å². The normalized spacial score (nSPS) is 12.0. The number of pyridine rings is 1. The van der Waals surface area contributed by atoms with Gasteiger partial charge in [0.25, 0.3) is 0 Å². The van der Waals surface area contributed by atoms with Gasteiger partial charge in [-0.25, -0.2) is 4.99 Å². The average molecular weight is 516 g/mol. The second kappa shape index (κ2) is 13.0. The SMILES string of the molecule is CCNC(=NCc1cccc(-c2ccccn2)c1)NCC(CO)c1ccccc1.I. The summed E-state index contributed by atoms with van der Waals surface area (Å²) in [5.74, 6) is 0.762. The zero-order chi connectivity index (χ0) is 20.3. The Hall–Kier alpha value is -2.45. The first-order valence-electron chi connectivity index (χ1n) is 9.98. The Morgan fingerprint density at radius 2 is 1.80 bits per heavy atom. The summed E-state index contributed by atoms with van der Waals surface area (Å²) in [5.41, 5.74) is 4.27. The van der Waals surface area contributed by atoms with Crippen molar-refractivity contribution >= 4 is 29.9 Å². The van der Waals surface area contributed by atoms with Crippen molar-refractivity contribution in [3.63, 3.8) is 0 Å². The van der Waals surface area contributed by atoms with Crippen LogP contribution in [0.4, 0.5) is 0 Å². The molecule has 0 fully saturated rings. The number of benzene rings is 2. The fraction of sp³-hybridized carbons (Fsp3) is 0.250. The molecule has 0 radical (unpaired) electrons. The van der Waals surface area contributed by atoms with Crippen LogP contribution >= 0.6 is 24.0 Å². The average Bonchev–Trinajstić information content (AvgIpc) is 2.79. The van der Waals surface area contributed by atoms with Crippen LogP contribution in [0.5, 0.6) is 0 Å². The van der Waals surface area contributed by atoms with Gasteiger partial charge < -0.3 is 15.7 Å². The third kappa shape index (κ3) is 7.11. The molecule has 1 unspecified atom stereocenters. The summed E-state index contributed by atoms with van der Waals surface area (Å²) in [4.78, 5) is 9.13. The highest BCUT2D eigenvalue weighted by Gasteiger charge is 2.10. The summed E-state index contributed by atoms with van der Waals surface area (Å²) in [6.07, 6.45) is 1.80. The first-order chi connectivity index (χ1) is 14.3. The minimum atomic E-state index is 0. The van der Waals surface area contributed by atoms with Gasteiger partial charge >= 0.3 is 0 Å². The number of aliphatic hydroxyl groups excluding tert-OH is 1. The van der Waals surface area contributed by atoms with E-state index in [2.05, 4.69) is 33.8 Å². The molecule has 3 rings (SSSR count). The Kier molecular flexibility index (Phi) is 10.3. The molecule has 0 saturated heterocycles. The van der Waals surface area contributed by atoms with Crippen molar-refractivity contribution in [2.75, 3.05) is 19.7 Å². The van der Waals surface area contributed by atoms with E-state index in [1.54, 1.807) is 6.20 Å². The first kappa shape index (κ1) is 23.8. The van der Waals surface area contributed by atoms with Gasteiger partial charge in [-0.15, -0.1) is 24.0 Å². The van der Waals surface area contributed by atoms with E-state index in [9.17, 15) is 5.11 Å². The lowest BCUT2D eigenvalue weighted by Gasteiger charge is -2.18. The molecule has 2 aromatic carbocycles. The van der Waals surface area contributed by atoms with Gasteiger partial charge in [0, 0.05) is 30.8 Å². The number of aliphatic hydroxyl groups is 1. The molecule has 1 aromatic heterocycles. The minimum absolute atomic E-state index is 0. The van der Waals surface area contributed by atoms with E-state index in [1.807, 2.05) is 61.5 Å². The number of halogens is 1. The molecular formula is C24H29IN4O. The van der Waals surface area contributed by atoms with Gasteiger partial charge in [-0.1, -0.05) is 54.6 Å². The smallest absolute Gasteiger partial charge is 0.191 e. The summed E-state index contributed by atoms with van der Waals surface area (Å²) in [7, 11) is 0. The Labute approximate surface area is 195 Å². The highest BCUT2D eigenvalue weighted by atomic mass is 127. The van der Waals surface area contributed by atoms with E-state index >= 15 is 0 Å². The van der Waals surface area contributed by atoms with Gasteiger partial charge in [0.05, 0.1) is 18.8 Å². The Morgan fingerprint density at radius 1 is 1.00 bits per heavy atom. The lowest BCUT2D eigenvalue weighted by Crippen LogP contribution is -2.39. The molecule has 0 amide bonds. The predicted octanol–water partition coefficient (Wildman–Crippen LogP) is 4.20. The largest absolute Gasteiger partial charge is 0.396 e. The van der Waals surface area contributed by atoms with Crippen LogP contribution in [0.25, 0.3) is 11.3 Å². The molecule has 158 valence electrons. The minimum Gasteiger partial charge on any atom is -0.396 e. The third-order valence-corrected chi connectivity index (χ3v) is 4.66. The molecule has 0 spiro atoms. The van der Waals surface area contributed by atoms with Gasteiger partial charge in [0.2, 0.25) is 0 Å². The van der Waals surface area contributed by atoms with Crippen molar-refractivity contribution in [3.05, 3.63) is 90.1 Å². The van der Waals surface area contributed by atoms with Crippen LogP contribution in [0.2, 0.25) is 0 Å². The topological polar surface area (TPSA) is 69.5 Å². The standard InChI is InChI=1S/C24H28N4O.HI/c1-2-25-24(28-17-22(18-29)20-10-4-3-5-11-20)27-16-19-9-8-12-21(15-19)23-13-6-7-14-26-23;/h3-15,22,29H,2,16-18H2,1H3,(H2,25,27,28);1H. The quantitative estimate of drug-likeness (QED) is 0.239. The summed E-state index contributed by atoms with van der Waals surface area (Å²) in [6, 6.07) is 24.2. The number of guanidine groups is 1. The van der Waals surface area contributed by atoms with Gasteiger partial charge in [-0.05, 0) is 36.2 Å². The van der Waals surface area contributed by atoms with Crippen molar-refractivity contribution in [2.45, 2.75) is 19.4 Å². The van der Waals surface area contributed by atoms with Crippen molar-refractivity contribution in [3.8, 4) is 11.3 Å². The molecule has 0 bridgehead atoms. The highest BCUT2D eigenvalue weighted by molar-refractivity contribution is 14.0. The molecule has 0 aliphatic rings. The molecule has 0 aliphatic heterocycles. The van der Waals surface area contributed by atoms with Crippen molar-refractivity contribution in [2.24, 2.45) is 4.99 Å². The third-order valence-electron chi connectivity index (χ3n) is 4.66. The molecule has 30 heavy (non-hydrogen) atoms. The van der Waals surface area contributed by atoms with E-state index < -0.39 is 0 Å². The first-order valence-corrected chi connectivity index (χ1v) is 9.98. The second-order valence-electron chi connectivity index (χ2n) is 6.78. The van der Waals surface area contributed by atoms with Crippen LogP contribution in [0.3, 0.4) is 0 Å². The predicted molar refractivity (Wildman–Crippen MR) is 134 cm³/mol. The molecule has 1 heterocycles. The fourth-order valence-electron chi connectivity index (χ4n) is 3.11. The maximum absolute atomic E-state index is 9.76. The van der Waals surface area contributed by atoms with Crippen LogP contribution in [-0.4, -0.2) is 35.7 Å². The van der Waals surface area contributed by atoms with E-state index in [0.717, 1.165) is 34.9 Å². The number of aromatic nitrogens is 1. The molecular weight excluding hydrogens is 487 g/mol. The molecule has 0 aliphatic carbocycles. The van der Waals surface area contributed by atoms with Crippen LogP contribution in [-0.2, 0) is 6.54 Å². The number of hydrogen-bond acceptors (Lipinski definition) is 3. The molecule has 3 N–H and O–H groups in total. The maximum atomic E-state index is 9.76. The summed E-state index contributed by atoms with van der Waals surface area (Å²) >= 11 is 0. The molecule has 0 saturated carbocycles. The zero-order valence-corrected chi connectivity index (χ0v) is 19.5. The summed E-state index contributed by atoms with van der Waals surface area (Å²) < 4.78 is 0. The maximum Gasteiger partial charge on any atom is 0.191 e. The number of hydrogen-bond donors (Lipinski definition) is 3. The van der Waals surface area contributed by atoms with E-state index in [1.165, 1.54) is 0 Å². The number of rotatable bonds is 8. The van der Waals surface area contributed by atoms with Crippen molar-refractivity contribution in [1.29, 1.82) is 0 Å². The molecule has 6 heteroatoms. The summed E-state index contributed by atoms with van der Waals surface area (Å²) in [5, 5.41) is 16.4. The van der Waals surface area contributed by atoms with Crippen LogP contribution in [0, 0.1) is 0 Å². The number of nitrogens with one attached hydrogen (secondary N) is 2. The van der Waals surface area contributed by atoms with Gasteiger partial charge in [0.1, 0.15) is 0 Å². The van der Waals surface area contributed by atoms with Crippen LogP contribution < -0.4 is 10.6 Å². The summed E-state index contributed by atoms with van der Waals surface area (Å²) in [6.45, 7) is 4.07. The van der Waals surface area contributed by atoms with Crippen molar-refractivity contribution in [1.82, 2.24) is 15.6 Å². The number of aliphatic imine (C=N–C) groups is 1. The van der Waals surface area contributed by atoms with Crippen molar-refractivity contribution < 1.29 is 5.11 Å². The Morgan fingerprint density at radius 3 is 2.50 bits per heavy atom. The lowest BCUT2D eigenvalue weighted by molar-refractivity contribution is 0.265. The fourth-order valence-corrected chi connectivity index (χ4v) is 3.11. The van der Waals surface area contributed by atoms with E-state index in [0.29, 0.717) is 13.1 Å². The van der Waals surface area contributed by atoms with Gasteiger partial charge in [-0.2, -0.15) is 0 Å². The van der Waals surface area contributed by atoms with Crippen LogP contribution in [0.15, 0.2) is 84.0 Å². The molecule has 3 aromatic rings. The monoisotopic (exact) mass is 516 g/mol. The second-order valence-corrected chi connectivity index (χ2v) is 6.78.